The van der Waals surface area contributed by atoms with Gasteiger partial charge in [0.25, 0.3) is 5.91 Å². The van der Waals surface area contributed by atoms with E-state index in [1.807, 2.05) is 59.5 Å². The number of aromatic nitrogens is 1. The minimum atomic E-state index is -1.19. The second kappa shape index (κ2) is 10.0. The van der Waals surface area contributed by atoms with E-state index in [0.29, 0.717) is 44.3 Å². The van der Waals surface area contributed by atoms with Gasteiger partial charge in [0.15, 0.2) is 0 Å². The Bertz CT molecular complexity index is 1320. The van der Waals surface area contributed by atoms with Gasteiger partial charge < -0.3 is 20.4 Å². The predicted molar refractivity (Wildman–Crippen MR) is 136 cm³/mol. The van der Waals surface area contributed by atoms with Gasteiger partial charge in [0.2, 0.25) is 11.8 Å². The summed E-state index contributed by atoms with van der Waals surface area (Å²) in [7, 11) is 0. The SMILES string of the molecule is O=C(NC1CCN(C(=O)[C@H]2CC[C@@](C(=O)O)(c3ccccc3)c3ccccc32)CC1)c1cccnc1O. The first-order valence-corrected chi connectivity index (χ1v) is 12.5. The van der Waals surface area contributed by atoms with Crippen LogP contribution in [0.15, 0.2) is 72.9 Å². The average molecular weight is 500 g/mol. The van der Waals surface area contributed by atoms with E-state index in [-0.39, 0.29) is 29.3 Å². The molecule has 8 nitrogen and oxygen atoms in total. The summed E-state index contributed by atoms with van der Waals surface area (Å²) in [5.74, 6) is -2.02. The van der Waals surface area contributed by atoms with Gasteiger partial charge in [0.1, 0.15) is 11.0 Å². The summed E-state index contributed by atoms with van der Waals surface area (Å²) >= 11 is 0. The minimum Gasteiger partial charge on any atom is -0.493 e. The van der Waals surface area contributed by atoms with Crippen LogP contribution >= 0.6 is 0 Å². The maximum atomic E-state index is 13.7. The van der Waals surface area contributed by atoms with Gasteiger partial charge in [-0.1, -0.05) is 54.6 Å². The molecule has 2 amide bonds. The van der Waals surface area contributed by atoms with Crippen molar-refractivity contribution >= 4 is 17.8 Å². The Morgan fingerprint density at radius 2 is 1.62 bits per heavy atom. The highest BCUT2D eigenvalue weighted by molar-refractivity contribution is 5.96. The molecule has 2 atom stereocenters. The predicted octanol–water partition coefficient (Wildman–Crippen LogP) is 3.46. The first-order chi connectivity index (χ1) is 17.9. The molecular formula is C29H29N3O5. The molecule has 3 aromatic rings. The van der Waals surface area contributed by atoms with Crippen LogP contribution < -0.4 is 5.32 Å². The van der Waals surface area contributed by atoms with Crippen LogP contribution in [0.1, 0.15) is 58.6 Å². The summed E-state index contributed by atoms with van der Waals surface area (Å²) in [6.07, 6.45) is 3.38. The number of aliphatic carboxylic acids is 1. The van der Waals surface area contributed by atoms with Crippen molar-refractivity contribution in [3.05, 3.63) is 95.2 Å². The van der Waals surface area contributed by atoms with E-state index >= 15 is 0 Å². The standard InChI is InChI=1S/C29H29N3O5/c33-25-23(10-6-16-30-25)26(34)31-20-13-17-32(18-14-20)27(35)22-12-15-29(28(36)37,19-7-2-1-3-8-19)24-11-5-4-9-21(22)24/h1-11,16,20,22H,12-15,17-18H2,(H,30,33)(H,31,34)(H,36,37)/t22-,29+/m0/s1. The third kappa shape index (κ3) is 4.43. The zero-order valence-corrected chi connectivity index (χ0v) is 20.3. The first-order valence-electron chi connectivity index (χ1n) is 12.5. The Morgan fingerprint density at radius 1 is 0.919 bits per heavy atom. The fraction of sp³-hybridized carbons (Fsp3) is 0.310. The van der Waals surface area contributed by atoms with Crippen LogP contribution in [-0.4, -0.2) is 57.0 Å². The molecule has 2 aliphatic rings. The lowest BCUT2D eigenvalue weighted by molar-refractivity contribution is -0.144. The molecule has 8 heteroatoms. The van der Waals surface area contributed by atoms with Gasteiger partial charge in [-0.3, -0.25) is 14.4 Å². The first kappa shape index (κ1) is 24.5. The van der Waals surface area contributed by atoms with Crippen molar-refractivity contribution in [2.45, 2.75) is 43.1 Å². The lowest BCUT2D eigenvalue weighted by atomic mass is 9.63. The Hall–Kier alpha value is -4.20. The van der Waals surface area contributed by atoms with E-state index in [1.54, 1.807) is 6.07 Å². The van der Waals surface area contributed by atoms with Gasteiger partial charge in [0.05, 0.1) is 5.92 Å². The van der Waals surface area contributed by atoms with Crippen LogP contribution in [0.2, 0.25) is 0 Å². The number of carbonyl (C=O) groups is 3. The number of nitrogens with one attached hydrogen (secondary N) is 1. The Balaban J connectivity index is 1.31. The highest BCUT2D eigenvalue weighted by Crippen LogP contribution is 2.47. The Kier molecular flexibility index (Phi) is 6.65. The summed E-state index contributed by atoms with van der Waals surface area (Å²) in [6, 6.07) is 19.7. The number of hydrogen-bond donors (Lipinski definition) is 3. The highest BCUT2D eigenvalue weighted by Gasteiger charge is 2.49. The van der Waals surface area contributed by atoms with Crippen LogP contribution in [-0.2, 0) is 15.0 Å². The smallest absolute Gasteiger partial charge is 0.318 e. The normalized spacial score (nSPS) is 21.6. The van der Waals surface area contributed by atoms with Crippen LogP contribution in [0.4, 0.5) is 0 Å². The fourth-order valence-electron chi connectivity index (χ4n) is 5.77. The van der Waals surface area contributed by atoms with E-state index in [2.05, 4.69) is 10.3 Å². The van der Waals surface area contributed by atoms with Gasteiger partial charge >= 0.3 is 5.97 Å². The summed E-state index contributed by atoms with van der Waals surface area (Å²) in [5, 5.41) is 23.2. The highest BCUT2D eigenvalue weighted by atomic mass is 16.4. The number of carboxylic acid groups (broad SMARTS) is 1. The second-order valence-corrected chi connectivity index (χ2v) is 9.70. The number of likely N-dealkylation sites (tertiary alicyclic amines) is 1. The lowest BCUT2D eigenvalue weighted by Gasteiger charge is -2.41. The molecule has 0 saturated carbocycles. The van der Waals surface area contributed by atoms with E-state index in [0.717, 1.165) is 11.1 Å². The average Bonchev–Trinajstić information content (AvgIpc) is 2.93. The van der Waals surface area contributed by atoms with Crippen molar-refractivity contribution in [1.29, 1.82) is 0 Å². The lowest BCUT2D eigenvalue weighted by Crippen LogP contribution is -2.49. The number of nitrogens with zero attached hydrogens (tertiary/aromatic N) is 2. The molecule has 190 valence electrons. The molecule has 2 heterocycles. The maximum Gasteiger partial charge on any atom is 0.318 e. The van der Waals surface area contributed by atoms with E-state index in [4.69, 9.17) is 0 Å². The molecule has 3 N–H and O–H groups in total. The molecule has 0 spiro atoms. The van der Waals surface area contributed by atoms with Crippen molar-refractivity contribution in [2.24, 2.45) is 0 Å². The number of carboxylic acids is 1. The largest absolute Gasteiger partial charge is 0.493 e. The van der Waals surface area contributed by atoms with Crippen molar-refractivity contribution in [3.8, 4) is 5.88 Å². The van der Waals surface area contributed by atoms with Crippen LogP contribution in [0.5, 0.6) is 5.88 Å². The number of fused-ring (bicyclic) bond motifs is 1. The number of rotatable bonds is 5. The third-order valence-corrected chi connectivity index (χ3v) is 7.71. The van der Waals surface area contributed by atoms with Gasteiger partial charge in [-0.05, 0) is 54.5 Å². The molecule has 37 heavy (non-hydrogen) atoms. The number of aromatic hydroxyl groups is 1. The number of pyridine rings is 1. The van der Waals surface area contributed by atoms with Gasteiger partial charge in [-0.15, -0.1) is 0 Å². The monoisotopic (exact) mass is 499 g/mol. The summed E-state index contributed by atoms with van der Waals surface area (Å²) in [5.41, 5.74) is 1.10. The molecule has 0 radical (unpaired) electrons. The number of carbonyl (C=O) groups excluding carboxylic acids is 2. The number of benzene rings is 2. The quantitative estimate of drug-likeness (QED) is 0.495. The number of piperidine rings is 1. The molecule has 1 fully saturated rings. The van der Waals surface area contributed by atoms with E-state index in [9.17, 15) is 24.6 Å². The third-order valence-electron chi connectivity index (χ3n) is 7.71. The molecule has 1 aromatic heterocycles. The fourth-order valence-corrected chi connectivity index (χ4v) is 5.77. The van der Waals surface area contributed by atoms with Crippen LogP contribution in [0.25, 0.3) is 0 Å². The van der Waals surface area contributed by atoms with E-state index in [1.165, 1.54) is 12.3 Å². The molecule has 1 aliphatic heterocycles. The molecule has 0 unspecified atom stereocenters. The zero-order chi connectivity index (χ0) is 26.0. The molecule has 0 bridgehead atoms. The Morgan fingerprint density at radius 3 is 2.32 bits per heavy atom. The molecular weight excluding hydrogens is 470 g/mol. The van der Waals surface area contributed by atoms with Gasteiger partial charge in [-0.2, -0.15) is 0 Å². The van der Waals surface area contributed by atoms with Crippen LogP contribution in [0, 0.1) is 0 Å². The van der Waals surface area contributed by atoms with Gasteiger partial charge in [-0.25, -0.2) is 4.98 Å². The number of amides is 2. The topological polar surface area (TPSA) is 120 Å². The number of hydrogen-bond acceptors (Lipinski definition) is 5. The van der Waals surface area contributed by atoms with Gasteiger partial charge in [0, 0.05) is 25.3 Å². The van der Waals surface area contributed by atoms with Crippen molar-refractivity contribution < 1.29 is 24.6 Å². The Labute approximate surface area is 215 Å². The van der Waals surface area contributed by atoms with Crippen molar-refractivity contribution in [2.75, 3.05) is 13.1 Å². The summed E-state index contributed by atoms with van der Waals surface area (Å²) < 4.78 is 0. The molecule has 1 saturated heterocycles. The zero-order valence-electron chi connectivity index (χ0n) is 20.3. The van der Waals surface area contributed by atoms with Crippen LogP contribution in [0.3, 0.4) is 0 Å². The van der Waals surface area contributed by atoms with Crippen molar-refractivity contribution in [3.63, 3.8) is 0 Å². The molecule has 1 aliphatic carbocycles. The van der Waals surface area contributed by atoms with E-state index < -0.39 is 17.3 Å². The molecule has 5 rings (SSSR count). The molecule has 2 aromatic carbocycles. The maximum absolute atomic E-state index is 13.7. The van der Waals surface area contributed by atoms with Crippen molar-refractivity contribution in [1.82, 2.24) is 15.2 Å². The second-order valence-electron chi connectivity index (χ2n) is 9.70. The summed E-state index contributed by atoms with van der Waals surface area (Å²) in [4.78, 5) is 44.5. The minimum absolute atomic E-state index is 0.00539. The summed E-state index contributed by atoms with van der Waals surface area (Å²) in [6.45, 7) is 0.981.